The van der Waals surface area contributed by atoms with Crippen molar-refractivity contribution in [2.24, 2.45) is 23.7 Å². The molecule has 0 heterocycles. The van der Waals surface area contributed by atoms with Crippen LogP contribution in [-0.2, 0) is 20.7 Å². The van der Waals surface area contributed by atoms with E-state index in [1.54, 1.807) is 25.3 Å². The van der Waals surface area contributed by atoms with Gasteiger partial charge in [-0.25, -0.2) is 0 Å². The molecule has 4 saturated carbocycles. The molecule has 0 atom stereocenters. The summed E-state index contributed by atoms with van der Waals surface area (Å²) in [6, 6.07) is 9.36. The van der Waals surface area contributed by atoms with Crippen LogP contribution >= 0.6 is 19.4 Å². The van der Waals surface area contributed by atoms with E-state index in [9.17, 15) is 24.3 Å². The van der Waals surface area contributed by atoms with Gasteiger partial charge in [-0.1, -0.05) is 29.8 Å². The number of hydrogen-bond donors (Lipinski definition) is 0. The van der Waals surface area contributed by atoms with Gasteiger partial charge >= 0.3 is 88.7 Å². The first kappa shape index (κ1) is 37.4. The molecular formula is C28H27ClNa3O8P. The number of carbonyl (C=O) groups excluding carboxylic acids is 1. The van der Waals surface area contributed by atoms with E-state index in [0.29, 0.717) is 33.5 Å². The van der Waals surface area contributed by atoms with Crippen LogP contribution in [-0.4, -0.2) is 13.1 Å². The maximum Gasteiger partial charge on any atom is 1.00 e. The summed E-state index contributed by atoms with van der Waals surface area (Å²) >= 11 is 6.92. The van der Waals surface area contributed by atoms with Gasteiger partial charge in [-0.3, -0.25) is 0 Å². The topological polar surface area (TPSA) is 131 Å². The summed E-state index contributed by atoms with van der Waals surface area (Å²) in [7, 11) is -3.51. The van der Waals surface area contributed by atoms with Crippen molar-refractivity contribution in [2.75, 3.05) is 7.11 Å². The molecule has 4 bridgehead atoms. The summed E-state index contributed by atoms with van der Waals surface area (Å²) in [6.45, 7) is 0.0372. The van der Waals surface area contributed by atoms with Crippen molar-refractivity contribution in [3.8, 4) is 11.5 Å². The second kappa shape index (κ2) is 16.0. The van der Waals surface area contributed by atoms with Crippen molar-refractivity contribution in [2.45, 2.75) is 38.7 Å². The van der Waals surface area contributed by atoms with Gasteiger partial charge in [-0.05, 0) is 97.3 Å². The van der Waals surface area contributed by atoms with Crippen LogP contribution in [0.25, 0.3) is 11.8 Å². The van der Waals surface area contributed by atoms with Crippen LogP contribution < -0.4 is 113 Å². The van der Waals surface area contributed by atoms with E-state index < -0.39 is 13.8 Å². The first-order valence-electron chi connectivity index (χ1n) is 12.5. The molecule has 0 spiro atoms. The summed E-state index contributed by atoms with van der Waals surface area (Å²) in [4.78, 5) is 32.7. The fourth-order valence-corrected chi connectivity index (χ4v) is 7.25. The Labute approximate surface area is 311 Å². The van der Waals surface area contributed by atoms with E-state index in [2.05, 4.69) is 4.52 Å². The Balaban J connectivity index is 0.00000196. The smallest absolute Gasteiger partial charge is 0.780 e. The second-order valence-corrected chi connectivity index (χ2v) is 11.7. The molecule has 6 rings (SSSR count). The van der Waals surface area contributed by atoms with Crippen LogP contribution in [0.2, 0.25) is 5.02 Å². The summed E-state index contributed by atoms with van der Waals surface area (Å²) in [5.74, 6) is 2.14. The molecule has 2 aromatic rings. The minimum Gasteiger partial charge on any atom is -0.780 e. The predicted molar refractivity (Wildman–Crippen MR) is 135 cm³/mol. The molecule has 4 aliphatic rings. The number of hydrogen-bond acceptors (Lipinski definition) is 8. The van der Waals surface area contributed by atoms with E-state index >= 15 is 0 Å². The molecule has 0 aromatic heterocycles. The van der Waals surface area contributed by atoms with Crippen LogP contribution in [0.3, 0.4) is 0 Å². The summed E-state index contributed by atoms with van der Waals surface area (Å²) in [5.41, 5.74) is 3.12. The molecule has 2 aromatic carbocycles. The van der Waals surface area contributed by atoms with E-state index in [0.717, 1.165) is 23.7 Å². The molecule has 0 N–H and O–H groups in total. The number of benzene rings is 2. The van der Waals surface area contributed by atoms with Gasteiger partial charge in [-0.2, -0.15) is 0 Å². The summed E-state index contributed by atoms with van der Waals surface area (Å²) in [6.07, 6.45) is 8.31. The SMILES string of the molecule is COC(=C1C2CC3CC(C2)CC1C3)c1ccc(/C=C/C(=O)[O-])c(OCc2ccc(OP(=O)([O-])[O-])cc2)c1Cl.[Na+].[Na+].[Na+]. The van der Waals surface area contributed by atoms with Crippen LogP contribution in [0.5, 0.6) is 11.5 Å². The zero-order valence-electron chi connectivity index (χ0n) is 23.8. The van der Waals surface area contributed by atoms with E-state index in [4.69, 9.17) is 21.1 Å². The van der Waals surface area contributed by atoms with Crippen molar-refractivity contribution in [3.63, 3.8) is 0 Å². The van der Waals surface area contributed by atoms with E-state index in [-0.39, 0.29) is 107 Å². The quantitative estimate of drug-likeness (QED) is 0.117. The maximum absolute atomic E-state index is 11.1. The molecular weight excluding hydrogens is 600 g/mol. The van der Waals surface area contributed by atoms with Gasteiger partial charge in [0.05, 0.1) is 18.1 Å². The number of ether oxygens (including phenoxy) is 2. The normalized spacial score (nSPS) is 22.3. The fraction of sp³-hybridized carbons (Fsp3) is 0.393. The van der Waals surface area contributed by atoms with Crippen LogP contribution in [0.4, 0.5) is 0 Å². The number of halogens is 1. The van der Waals surface area contributed by atoms with Gasteiger partial charge in [0, 0.05) is 11.1 Å². The zero-order valence-corrected chi connectivity index (χ0v) is 31.4. The van der Waals surface area contributed by atoms with E-state index in [1.807, 2.05) is 6.07 Å². The van der Waals surface area contributed by atoms with Gasteiger partial charge in [0.25, 0.3) is 0 Å². The summed E-state index contributed by atoms with van der Waals surface area (Å²) in [5, 5.41) is 11.4. The third-order valence-electron chi connectivity index (χ3n) is 7.78. The van der Waals surface area contributed by atoms with Crippen molar-refractivity contribution >= 4 is 37.2 Å². The Morgan fingerprint density at radius 2 is 1.56 bits per heavy atom. The van der Waals surface area contributed by atoms with Crippen LogP contribution in [0, 0.1) is 23.7 Å². The Bertz CT molecular complexity index is 1310. The molecule has 8 nitrogen and oxygen atoms in total. The molecule has 202 valence electrons. The minimum atomic E-state index is -5.16. The average Bonchev–Trinajstić information content (AvgIpc) is 2.84. The second-order valence-electron chi connectivity index (χ2n) is 10.3. The number of rotatable bonds is 9. The molecule has 0 aliphatic heterocycles. The average molecular weight is 627 g/mol. The van der Waals surface area contributed by atoms with E-state index in [1.165, 1.54) is 55.9 Å². The number of carboxylic acids is 1. The van der Waals surface area contributed by atoms with Crippen LogP contribution in [0.15, 0.2) is 48.0 Å². The zero-order chi connectivity index (χ0) is 27.0. The molecule has 0 unspecified atom stereocenters. The minimum absolute atomic E-state index is 0. The van der Waals surface area contributed by atoms with Crippen molar-refractivity contribution < 1.29 is 127 Å². The number of allylic oxidation sites excluding steroid dienone is 1. The molecule has 13 heteroatoms. The molecule has 0 radical (unpaired) electrons. The van der Waals surface area contributed by atoms with Gasteiger partial charge in [0.2, 0.25) is 0 Å². The molecule has 0 saturated heterocycles. The standard InChI is InChI=1S/C28H30ClO8P.3Na/c1-35-28(25-20-11-17-10-18(13-20)14-21(25)12-17)23-8-4-19(5-9-24(30)31)27(26(23)29)36-15-16-2-6-22(7-3-16)37-38(32,33)34;;;/h2-9,17-18,20-21H,10-15H2,1H3,(H,30,31)(H2,32,33,34);;;/q;3*+1/p-3/b9-5+,28-25?;;;. The molecule has 41 heavy (non-hydrogen) atoms. The Morgan fingerprint density at radius 1 is 0.976 bits per heavy atom. The summed E-state index contributed by atoms with van der Waals surface area (Å²) < 4.78 is 27.2. The van der Waals surface area contributed by atoms with Crippen molar-refractivity contribution in [1.29, 1.82) is 0 Å². The van der Waals surface area contributed by atoms with Crippen molar-refractivity contribution in [3.05, 3.63) is 69.8 Å². The number of phosphoric ester groups is 1. The number of methoxy groups -OCH3 is 1. The number of carboxylic acid groups (broad SMARTS) is 1. The first-order chi connectivity index (χ1) is 18.1. The van der Waals surface area contributed by atoms with Gasteiger partial charge in [-0.15, -0.1) is 0 Å². The largest absolute Gasteiger partial charge is 1.00 e. The molecule has 4 fully saturated rings. The number of phosphoric acid groups is 1. The number of carbonyl (C=O) groups is 1. The van der Waals surface area contributed by atoms with Gasteiger partial charge in [0.1, 0.15) is 31.7 Å². The Hall–Kier alpha value is 0.230. The van der Waals surface area contributed by atoms with Crippen LogP contribution in [0.1, 0.15) is 48.8 Å². The number of aliphatic carboxylic acids is 1. The molecule has 4 aliphatic carbocycles. The van der Waals surface area contributed by atoms with Gasteiger partial charge in [0.15, 0.2) is 0 Å². The third kappa shape index (κ3) is 9.13. The fourth-order valence-electron chi connectivity index (χ4n) is 6.56. The molecule has 0 amide bonds. The predicted octanol–water partition coefficient (Wildman–Crippen LogP) is -5.28. The van der Waals surface area contributed by atoms with Gasteiger partial charge < -0.3 is 38.3 Å². The van der Waals surface area contributed by atoms with Crippen molar-refractivity contribution in [1.82, 2.24) is 0 Å². The Morgan fingerprint density at radius 3 is 2.07 bits per heavy atom. The first-order valence-corrected chi connectivity index (χ1v) is 14.4. The Kier molecular flexibility index (Phi) is 14.6. The third-order valence-corrected chi connectivity index (χ3v) is 8.59. The maximum atomic E-state index is 11.1. The monoisotopic (exact) mass is 626 g/mol.